The zero-order chi connectivity index (χ0) is 14.1. The fourth-order valence-corrected chi connectivity index (χ4v) is 1.72. The van der Waals surface area contributed by atoms with Crippen molar-refractivity contribution in [3.8, 4) is 17.4 Å². The summed E-state index contributed by atoms with van der Waals surface area (Å²) in [6.45, 7) is 0. The predicted octanol–water partition coefficient (Wildman–Crippen LogP) is 0.801. The third-order valence-electron chi connectivity index (χ3n) is 2.65. The summed E-state index contributed by atoms with van der Waals surface area (Å²) in [5, 5.41) is 10.1. The summed E-state index contributed by atoms with van der Waals surface area (Å²) < 4.78 is 11.9. The topological polar surface area (TPSA) is 108 Å². The summed E-state index contributed by atoms with van der Waals surface area (Å²) in [4.78, 5) is 11.4. The van der Waals surface area contributed by atoms with Crippen molar-refractivity contribution in [1.29, 1.82) is 0 Å². The van der Waals surface area contributed by atoms with Gasteiger partial charge in [-0.3, -0.25) is 0 Å². The van der Waals surface area contributed by atoms with Crippen LogP contribution in [0.15, 0.2) is 35.1 Å². The van der Waals surface area contributed by atoms with Crippen molar-refractivity contribution in [3.05, 3.63) is 40.8 Å². The average Bonchev–Trinajstić information content (AvgIpc) is 2.82. The number of hydrogen-bond acceptors (Lipinski definition) is 6. The molecule has 0 saturated carbocycles. The molecule has 0 radical (unpaired) electrons. The molecule has 3 rings (SSSR count). The molecule has 0 aliphatic heterocycles. The highest BCUT2D eigenvalue weighted by Gasteiger charge is 2.09. The van der Waals surface area contributed by atoms with E-state index in [1.807, 2.05) is 0 Å². The highest BCUT2D eigenvalue weighted by atomic mass is 16.5. The number of rotatable bonds is 3. The first-order chi connectivity index (χ1) is 9.67. The van der Waals surface area contributed by atoms with Crippen LogP contribution in [0, 0.1) is 0 Å². The molecule has 8 nitrogen and oxygen atoms in total. The van der Waals surface area contributed by atoms with Crippen LogP contribution in [-0.2, 0) is 0 Å². The SMILES string of the molecule is COc1cc(N)ccc1Oc1ccc2n[nH]c(=O)n2n1. The number of benzene rings is 1. The molecule has 2 heterocycles. The highest BCUT2D eigenvalue weighted by Crippen LogP contribution is 2.32. The van der Waals surface area contributed by atoms with E-state index in [1.165, 1.54) is 7.11 Å². The fourth-order valence-electron chi connectivity index (χ4n) is 1.72. The number of nitrogen functional groups attached to an aromatic ring is 1. The van der Waals surface area contributed by atoms with Crippen molar-refractivity contribution in [2.75, 3.05) is 12.8 Å². The van der Waals surface area contributed by atoms with E-state index >= 15 is 0 Å². The maximum atomic E-state index is 11.4. The van der Waals surface area contributed by atoms with Crippen molar-refractivity contribution in [2.45, 2.75) is 0 Å². The van der Waals surface area contributed by atoms with Crippen LogP contribution in [0.2, 0.25) is 0 Å². The Labute approximate surface area is 112 Å². The van der Waals surface area contributed by atoms with E-state index in [4.69, 9.17) is 15.2 Å². The lowest BCUT2D eigenvalue weighted by molar-refractivity contribution is 0.372. The lowest BCUT2D eigenvalue weighted by Gasteiger charge is -2.09. The third-order valence-corrected chi connectivity index (χ3v) is 2.65. The Morgan fingerprint density at radius 3 is 2.90 bits per heavy atom. The Bertz CT molecular complexity index is 823. The van der Waals surface area contributed by atoms with Gasteiger partial charge in [0.1, 0.15) is 0 Å². The van der Waals surface area contributed by atoms with Crippen LogP contribution in [0.5, 0.6) is 17.4 Å². The molecule has 0 fully saturated rings. The van der Waals surface area contributed by atoms with Crippen LogP contribution in [0.25, 0.3) is 5.65 Å². The summed E-state index contributed by atoms with van der Waals surface area (Å²) in [7, 11) is 1.51. The first-order valence-corrected chi connectivity index (χ1v) is 5.73. The predicted molar refractivity (Wildman–Crippen MR) is 71.1 cm³/mol. The van der Waals surface area contributed by atoms with E-state index in [2.05, 4.69) is 15.3 Å². The van der Waals surface area contributed by atoms with Crippen LogP contribution >= 0.6 is 0 Å². The van der Waals surface area contributed by atoms with Crippen LogP contribution < -0.4 is 20.9 Å². The maximum Gasteiger partial charge on any atom is 0.364 e. The average molecular weight is 273 g/mol. The Morgan fingerprint density at radius 1 is 1.25 bits per heavy atom. The second kappa shape index (κ2) is 4.57. The molecule has 3 aromatic rings. The van der Waals surface area contributed by atoms with E-state index in [-0.39, 0.29) is 5.88 Å². The molecule has 0 atom stereocenters. The summed E-state index contributed by atoms with van der Waals surface area (Å²) in [6, 6.07) is 8.20. The number of anilines is 1. The zero-order valence-corrected chi connectivity index (χ0v) is 10.5. The lowest BCUT2D eigenvalue weighted by atomic mass is 10.3. The number of aromatic nitrogens is 4. The molecular weight excluding hydrogens is 262 g/mol. The Balaban J connectivity index is 2.00. The van der Waals surface area contributed by atoms with Crippen molar-refractivity contribution >= 4 is 11.3 Å². The lowest BCUT2D eigenvalue weighted by Crippen LogP contribution is -2.12. The summed E-state index contributed by atoms with van der Waals surface area (Å²) in [6.07, 6.45) is 0. The second-order valence-electron chi connectivity index (χ2n) is 3.98. The number of nitrogens with two attached hydrogens (primary N) is 1. The largest absolute Gasteiger partial charge is 0.493 e. The molecule has 102 valence electrons. The van der Waals surface area contributed by atoms with Crippen molar-refractivity contribution in [1.82, 2.24) is 19.8 Å². The summed E-state index contributed by atoms with van der Waals surface area (Å²) >= 11 is 0. The van der Waals surface area contributed by atoms with Gasteiger partial charge < -0.3 is 15.2 Å². The van der Waals surface area contributed by atoms with Crippen LogP contribution in [0.4, 0.5) is 5.69 Å². The Hall–Kier alpha value is -3.03. The Morgan fingerprint density at radius 2 is 2.10 bits per heavy atom. The van der Waals surface area contributed by atoms with Crippen LogP contribution in [-0.4, -0.2) is 26.9 Å². The van der Waals surface area contributed by atoms with Gasteiger partial charge in [0.05, 0.1) is 7.11 Å². The number of fused-ring (bicyclic) bond motifs is 1. The van der Waals surface area contributed by atoms with Gasteiger partial charge >= 0.3 is 5.69 Å². The highest BCUT2D eigenvalue weighted by molar-refractivity contribution is 5.52. The van der Waals surface area contributed by atoms with E-state index in [9.17, 15) is 4.79 Å². The van der Waals surface area contributed by atoms with Gasteiger partial charge in [-0.2, -0.15) is 9.61 Å². The van der Waals surface area contributed by atoms with Gasteiger partial charge in [0.2, 0.25) is 5.88 Å². The van der Waals surface area contributed by atoms with Crippen molar-refractivity contribution < 1.29 is 9.47 Å². The molecule has 1 aromatic carbocycles. The van der Waals surface area contributed by atoms with Gasteiger partial charge in [0.15, 0.2) is 17.1 Å². The first kappa shape index (κ1) is 12.0. The number of nitrogens with one attached hydrogen (secondary N) is 1. The van der Waals surface area contributed by atoms with E-state index in [0.717, 1.165) is 4.52 Å². The molecule has 0 saturated heterocycles. The molecule has 0 amide bonds. The molecule has 3 N–H and O–H groups in total. The second-order valence-corrected chi connectivity index (χ2v) is 3.98. The van der Waals surface area contributed by atoms with Gasteiger partial charge in [-0.15, -0.1) is 5.10 Å². The van der Waals surface area contributed by atoms with Gasteiger partial charge in [-0.1, -0.05) is 0 Å². The van der Waals surface area contributed by atoms with Crippen LogP contribution in [0.3, 0.4) is 0 Å². The molecule has 20 heavy (non-hydrogen) atoms. The van der Waals surface area contributed by atoms with Gasteiger partial charge in [-0.05, 0) is 18.2 Å². The monoisotopic (exact) mass is 273 g/mol. The smallest absolute Gasteiger partial charge is 0.364 e. The number of nitrogens with zero attached hydrogens (tertiary/aromatic N) is 3. The number of methoxy groups -OCH3 is 1. The number of H-pyrrole nitrogens is 1. The van der Waals surface area contributed by atoms with Crippen LogP contribution in [0.1, 0.15) is 0 Å². The number of ether oxygens (including phenoxy) is 2. The zero-order valence-electron chi connectivity index (χ0n) is 10.5. The minimum absolute atomic E-state index is 0.240. The molecular formula is C12H11N5O3. The normalized spacial score (nSPS) is 10.7. The van der Waals surface area contributed by atoms with Gasteiger partial charge in [-0.25, -0.2) is 9.89 Å². The van der Waals surface area contributed by atoms with E-state index in [1.54, 1.807) is 30.3 Å². The molecule has 0 spiro atoms. The summed E-state index contributed by atoms with van der Waals surface area (Å²) in [5.74, 6) is 1.17. The molecule has 8 heteroatoms. The van der Waals surface area contributed by atoms with Crippen molar-refractivity contribution in [3.63, 3.8) is 0 Å². The van der Waals surface area contributed by atoms with Gasteiger partial charge in [0.25, 0.3) is 0 Å². The third kappa shape index (κ3) is 2.03. The van der Waals surface area contributed by atoms with E-state index in [0.29, 0.717) is 22.8 Å². The maximum absolute atomic E-state index is 11.4. The fraction of sp³-hybridized carbons (Fsp3) is 0.0833. The van der Waals surface area contributed by atoms with Gasteiger partial charge in [0, 0.05) is 17.8 Å². The number of hydrogen-bond donors (Lipinski definition) is 2. The molecule has 2 aromatic heterocycles. The summed E-state index contributed by atoms with van der Waals surface area (Å²) in [5.41, 5.74) is 6.20. The first-order valence-electron chi connectivity index (χ1n) is 5.73. The van der Waals surface area contributed by atoms with Crippen molar-refractivity contribution in [2.24, 2.45) is 0 Å². The molecule has 0 aliphatic carbocycles. The molecule has 0 bridgehead atoms. The van der Waals surface area contributed by atoms with E-state index < -0.39 is 5.69 Å². The quantitative estimate of drug-likeness (QED) is 0.683. The Kier molecular flexibility index (Phi) is 2.75. The molecule has 0 unspecified atom stereocenters. The standard InChI is InChI=1S/C12H11N5O3/c1-19-9-6-7(13)2-3-8(9)20-11-5-4-10-14-15-12(18)17(10)16-11/h2-6H,13H2,1H3,(H,15,18). The minimum Gasteiger partial charge on any atom is -0.493 e. The number of aromatic amines is 1. The molecule has 0 aliphatic rings. The minimum atomic E-state index is -0.435.